The summed E-state index contributed by atoms with van der Waals surface area (Å²) in [4.78, 5) is 25.1. The van der Waals surface area contributed by atoms with Gasteiger partial charge in [0.05, 0.1) is 12.7 Å². The first-order valence-corrected chi connectivity index (χ1v) is 7.22. The first kappa shape index (κ1) is 16.0. The Morgan fingerprint density at radius 3 is 2.74 bits per heavy atom. The lowest BCUT2D eigenvalue weighted by atomic mass is 10.1. The lowest BCUT2D eigenvalue weighted by molar-refractivity contribution is -0.149. The first-order chi connectivity index (χ1) is 9.17. The van der Waals surface area contributed by atoms with Crippen molar-refractivity contribution < 1.29 is 19.1 Å². The van der Waals surface area contributed by atoms with Crippen LogP contribution in [0.4, 0.5) is 0 Å². The van der Waals surface area contributed by atoms with Crippen molar-refractivity contribution in [2.24, 2.45) is 0 Å². The van der Waals surface area contributed by atoms with Gasteiger partial charge in [0.1, 0.15) is 6.54 Å². The van der Waals surface area contributed by atoms with E-state index in [0.717, 1.165) is 32.3 Å². The van der Waals surface area contributed by atoms with E-state index in [1.165, 1.54) is 0 Å². The Kier molecular flexibility index (Phi) is 7.48. The Labute approximate surface area is 115 Å². The quantitative estimate of drug-likeness (QED) is 0.631. The van der Waals surface area contributed by atoms with E-state index < -0.39 is 0 Å². The molecule has 1 unspecified atom stereocenters. The topological polar surface area (TPSA) is 55.8 Å². The average Bonchev–Trinajstić information content (AvgIpc) is 2.89. The van der Waals surface area contributed by atoms with Crippen LogP contribution in [0.2, 0.25) is 0 Å². The van der Waals surface area contributed by atoms with Crippen molar-refractivity contribution >= 4 is 11.9 Å². The second-order valence-electron chi connectivity index (χ2n) is 4.79. The molecule has 19 heavy (non-hydrogen) atoms. The van der Waals surface area contributed by atoms with E-state index in [1.54, 1.807) is 11.8 Å². The summed E-state index contributed by atoms with van der Waals surface area (Å²) in [6, 6.07) is 0. The van der Waals surface area contributed by atoms with E-state index >= 15 is 0 Å². The molecule has 5 nitrogen and oxygen atoms in total. The molecule has 1 heterocycles. The maximum absolute atomic E-state index is 12.1. The molecular formula is C14H25NO4. The lowest BCUT2D eigenvalue weighted by Crippen LogP contribution is -2.37. The minimum atomic E-state index is -0.332. The number of amides is 1. The number of carbonyl (C=O) groups excluding carboxylic acids is 2. The molecule has 5 heteroatoms. The monoisotopic (exact) mass is 271 g/mol. The normalized spacial score (nSPS) is 18.3. The van der Waals surface area contributed by atoms with Crippen molar-refractivity contribution in [3.8, 4) is 0 Å². The molecule has 1 amide bonds. The van der Waals surface area contributed by atoms with Gasteiger partial charge in [-0.2, -0.15) is 0 Å². The third-order valence-electron chi connectivity index (χ3n) is 3.18. The lowest BCUT2D eigenvalue weighted by Gasteiger charge is -2.21. The second kappa shape index (κ2) is 8.91. The molecule has 1 aliphatic heterocycles. The predicted octanol–water partition coefficient (Wildman–Crippen LogP) is 1.75. The van der Waals surface area contributed by atoms with E-state index in [2.05, 4.69) is 0 Å². The third kappa shape index (κ3) is 6.05. The van der Waals surface area contributed by atoms with Gasteiger partial charge in [0, 0.05) is 19.6 Å². The predicted molar refractivity (Wildman–Crippen MR) is 71.7 cm³/mol. The summed E-state index contributed by atoms with van der Waals surface area (Å²) in [5.74, 6) is -0.313. The van der Waals surface area contributed by atoms with Crippen molar-refractivity contribution in [2.45, 2.75) is 52.1 Å². The number of nitrogens with zero attached hydrogens (tertiary/aromatic N) is 1. The van der Waals surface area contributed by atoms with Crippen LogP contribution in [0.15, 0.2) is 0 Å². The van der Waals surface area contributed by atoms with Gasteiger partial charge in [-0.25, -0.2) is 0 Å². The molecule has 110 valence electrons. The molecule has 0 N–H and O–H groups in total. The molecule has 1 rings (SSSR count). The molecule has 0 aliphatic carbocycles. The van der Waals surface area contributed by atoms with Crippen molar-refractivity contribution in [2.75, 3.05) is 26.3 Å². The highest BCUT2D eigenvalue weighted by molar-refractivity contribution is 5.82. The molecule has 1 aliphatic rings. The standard InChI is InChI=1S/C14H25NO4/c1-3-9-15(11-14(17)18-4-2)13(16)8-7-12-6-5-10-19-12/h12H,3-11H2,1-2H3. The minimum absolute atomic E-state index is 0.0189. The van der Waals surface area contributed by atoms with Crippen molar-refractivity contribution in [1.82, 2.24) is 4.90 Å². The summed E-state index contributed by atoms with van der Waals surface area (Å²) in [5.41, 5.74) is 0. The minimum Gasteiger partial charge on any atom is -0.465 e. The van der Waals surface area contributed by atoms with E-state index in [-0.39, 0.29) is 24.5 Å². The van der Waals surface area contributed by atoms with E-state index in [1.807, 2.05) is 6.92 Å². The zero-order valence-corrected chi connectivity index (χ0v) is 12.0. The maximum atomic E-state index is 12.1. The number of carbonyl (C=O) groups is 2. The fourth-order valence-electron chi connectivity index (χ4n) is 2.24. The molecule has 1 saturated heterocycles. The van der Waals surface area contributed by atoms with Crippen LogP contribution < -0.4 is 0 Å². The Hall–Kier alpha value is -1.10. The van der Waals surface area contributed by atoms with Gasteiger partial charge in [-0.1, -0.05) is 6.92 Å². The zero-order valence-electron chi connectivity index (χ0n) is 12.0. The number of hydrogen-bond donors (Lipinski definition) is 0. The van der Waals surface area contributed by atoms with Crippen LogP contribution in [0, 0.1) is 0 Å². The summed E-state index contributed by atoms with van der Waals surface area (Å²) in [7, 11) is 0. The summed E-state index contributed by atoms with van der Waals surface area (Å²) < 4.78 is 10.4. The number of rotatable bonds is 8. The first-order valence-electron chi connectivity index (χ1n) is 7.22. The number of hydrogen-bond acceptors (Lipinski definition) is 4. The summed E-state index contributed by atoms with van der Waals surface area (Å²) in [6.45, 7) is 5.57. The van der Waals surface area contributed by atoms with Crippen molar-refractivity contribution in [3.05, 3.63) is 0 Å². The van der Waals surface area contributed by atoms with Gasteiger partial charge in [-0.05, 0) is 32.6 Å². The molecule has 0 saturated carbocycles. The fourth-order valence-corrected chi connectivity index (χ4v) is 2.24. The highest BCUT2D eigenvalue weighted by atomic mass is 16.5. The Bertz CT molecular complexity index is 287. The van der Waals surface area contributed by atoms with Gasteiger partial charge in [0.2, 0.25) is 5.91 Å². The van der Waals surface area contributed by atoms with E-state index in [9.17, 15) is 9.59 Å². The summed E-state index contributed by atoms with van der Waals surface area (Å²) in [6.07, 6.45) is 4.38. The summed E-state index contributed by atoms with van der Waals surface area (Å²) in [5, 5.41) is 0. The Morgan fingerprint density at radius 2 is 2.16 bits per heavy atom. The number of esters is 1. The van der Waals surface area contributed by atoms with Crippen LogP contribution in [0.25, 0.3) is 0 Å². The molecule has 0 bridgehead atoms. The van der Waals surface area contributed by atoms with Crippen LogP contribution in [0.3, 0.4) is 0 Å². The Balaban J connectivity index is 2.35. The highest BCUT2D eigenvalue weighted by Crippen LogP contribution is 2.17. The van der Waals surface area contributed by atoms with E-state index in [0.29, 0.717) is 19.6 Å². The molecule has 0 aromatic carbocycles. The molecule has 0 radical (unpaired) electrons. The molecule has 0 aromatic rings. The van der Waals surface area contributed by atoms with Crippen LogP contribution in [-0.2, 0) is 19.1 Å². The molecule has 1 atom stereocenters. The fraction of sp³-hybridized carbons (Fsp3) is 0.857. The van der Waals surface area contributed by atoms with Gasteiger partial charge in [-0.15, -0.1) is 0 Å². The van der Waals surface area contributed by atoms with Crippen molar-refractivity contribution in [3.63, 3.8) is 0 Å². The largest absolute Gasteiger partial charge is 0.465 e. The molecular weight excluding hydrogens is 246 g/mol. The SMILES string of the molecule is CCCN(CC(=O)OCC)C(=O)CCC1CCCO1. The Morgan fingerprint density at radius 1 is 1.37 bits per heavy atom. The van der Waals surface area contributed by atoms with Crippen LogP contribution in [0.1, 0.15) is 46.0 Å². The molecule has 0 spiro atoms. The van der Waals surface area contributed by atoms with Crippen molar-refractivity contribution in [1.29, 1.82) is 0 Å². The van der Waals surface area contributed by atoms with Gasteiger partial charge < -0.3 is 14.4 Å². The van der Waals surface area contributed by atoms with Gasteiger partial charge in [0.25, 0.3) is 0 Å². The molecule has 1 fully saturated rings. The maximum Gasteiger partial charge on any atom is 0.325 e. The van der Waals surface area contributed by atoms with Gasteiger partial charge >= 0.3 is 5.97 Å². The summed E-state index contributed by atoms with van der Waals surface area (Å²) >= 11 is 0. The van der Waals surface area contributed by atoms with Crippen LogP contribution >= 0.6 is 0 Å². The average molecular weight is 271 g/mol. The highest BCUT2D eigenvalue weighted by Gasteiger charge is 2.21. The van der Waals surface area contributed by atoms with Crippen LogP contribution in [0.5, 0.6) is 0 Å². The van der Waals surface area contributed by atoms with E-state index in [4.69, 9.17) is 9.47 Å². The second-order valence-corrected chi connectivity index (χ2v) is 4.79. The zero-order chi connectivity index (χ0) is 14.1. The van der Waals surface area contributed by atoms with Gasteiger partial charge in [0.15, 0.2) is 0 Å². The number of ether oxygens (including phenoxy) is 2. The molecule has 0 aromatic heterocycles. The van der Waals surface area contributed by atoms with Gasteiger partial charge in [-0.3, -0.25) is 9.59 Å². The van der Waals surface area contributed by atoms with Crippen LogP contribution in [-0.4, -0.2) is 49.2 Å². The third-order valence-corrected chi connectivity index (χ3v) is 3.18. The smallest absolute Gasteiger partial charge is 0.325 e.